The Bertz CT molecular complexity index is 607. The summed E-state index contributed by atoms with van der Waals surface area (Å²) >= 11 is 0.902. The van der Waals surface area contributed by atoms with Gasteiger partial charge in [-0.05, 0) is 24.6 Å². The molecule has 0 bridgehead atoms. The second kappa shape index (κ2) is 14.0. The van der Waals surface area contributed by atoms with Gasteiger partial charge in [0.1, 0.15) is 24.4 Å². The molecule has 1 atom stereocenters. The van der Waals surface area contributed by atoms with E-state index < -0.39 is 7.82 Å². The van der Waals surface area contributed by atoms with E-state index >= 15 is 0 Å². The number of benzene rings is 1. The number of hydrogen-bond donors (Lipinski definition) is 2. The maximum Gasteiger partial charge on any atom is 0.530 e. The quantitative estimate of drug-likeness (QED) is 0.111. The van der Waals surface area contributed by atoms with Crippen LogP contribution in [0.3, 0.4) is 0 Å². The Labute approximate surface area is 165 Å². The second-order valence-corrected chi connectivity index (χ2v) is 7.05. The predicted octanol–water partition coefficient (Wildman–Crippen LogP) is 2.50. The van der Waals surface area contributed by atoms with Crippen molar-refractivity contribution in [2.24, 2.45) is 0 Å². The third-order valence-electron chi connectivity index (χ3n) is 2.82. The van der Waals surface area contributed by atoms with E-state index in [9.17, 15) is 4.57 Å². The summed E-state index contributed by atoms with van der Waals surface area (Å²) < 4.78 is 45.2. The van der Waals surface area contributed by atoms with Crippen molar-refractivity contribution >= 4 is 36.1 Å². The highest BCUT2D eigenvalue weighted by Gasteiger charge is 2.28. The van der Waals surface area contributed by atoms with Crippen LogP contribution in [0.1, 0.15) is 12.5 Å². The fourth-order valence-corrected chi connectivity index (χ4v) is 3.07. The summed E-state index contributed by atoms with van der Waals surface area (Å²) in [5.74, 6) is 0.569. The Kier molecular flexibility index (Phi) is 12.4. The van der Waals surface area contributed by atoms with Crippen molar-refractivity contribution in [3.05, 3.63) is 41.9 Å². The smallest absolute Gasteiger partial charge is 0.512 e. The van der Waals surface area contributed by atoms with E-state index in [0.29, 0.717) is 6.54 Å². The summed E-state index contributed by atoms with van der Waals surface area (Å²) in [5, 5.41) is 8.75. The molecule has 0 fully saturated rings. The summed E-state index contributed by atoms with van der Waals surface area (Å²) in [6.45, 7) is 1.91. The molecule has 146 valence electrons. The number of rotatable bonds is 15. The summed E-state index contributed by atoms with van der Waals surface area (Å²) in [4.78, 5) is 0. The van der Waals surface area contributed by atoms with Crippen LogP contribution < -0.4 is 9.25 Å². The lowest BCUT2D eigenvalue weighted by Crippen LogP contribution is -2.10. The van der Waals surface area contributed by atoms with Crippen LogP contribution in [0, 0.1) is 0 Å². The van der Waals surface area contributed by atoms with Crippen LogP contribution in [0.5, 0.6) is 5.75 Å². The molecule has 9 nitrogen and oxygen atoms in total. The van der Waals surface area contributed by atoms with E-state index in [1.54, 1.807) is 31.2 Å². The summed E-state index contributed by atoms with van der Waals surface area (Å²) in [6.07, 6.45) is 0.805. The molecule has 0 aromatic heterocycles. The van der Waals surface area contributed by atoms with E-state index in [0.717, 1.165) is 24.1 Å². The van der Waals surface area contributed by atoms with E-state index in [1.807, 2.05) is 0 Å². The van der Waals surface area contributed by atoms with Crippen LogP contribution in [-0.2, 0) is 33.6 Å². The molecule has 0 aliphatic carbocycles. The van der Waals surface area contributed by atoms with Crippen LogP contribution in [0.2, 0.25) is 0 Å². The molecule has 0 saturated heterocycles. The van der Waals surface area contributed by atoms with Crippen molar-refractivity contribution < 1.29 is 36.7 Å². The Morgan fingerprint density at radius 1 is 1.19 bits per heavy atom. The molecular formula is C14H20B2NO8PS. The van der Waals surface area contributed by atoms with Gasteiger partial charge in [0.25, 0.3) is 8.05 Å². The fourth-order valence-electron chi connectivity index (χ4n) is 1.62. The van der Waals surface area contributed by atoms with Gasteiger partial charge in [0, 0.05) is 6.54 Å². The first-order valence-electron chi connectivity index (χ1n) is 7.71. The summed E-state index contributed by atoms with van der Waals surface area (Å²) in [6, 6.07) is 6.73. The lowest BCUT2D eigenvalue weighted by atomic mass is 10.2. The van der Waals surface area contributed by atoms with E-state index in [2.05, 4.69) is 13.5 Å². The number of hydrogen-bond acceptors (Lipinski definition) is 10. The fraction of sp³-hybridized carbons (Fsp3) is 0.429. The van der Waals surface area contributed by atoms with Crippen LogP contribution >= 0.6 is 20.1 Å². The lowest BCUT2D eigenvalue weighted by molar-refractivity contribution is 0.102. The Balaban J connectivity index is 2.62. The number of ether oxygens (including phenoxy) is 1. The molecule has 1 aromatic rings. The Hall–Kier alpha value is -1.13. The van der Waals surface area contributed by atoms with Gasteiger partial charge in [-0.2, -0.15) is 0 Å². The van der Waals surface area contributed by atoms with Crippen LogP contribution in [-0.4, -0.2) is 47.6 Å². The highest BCUT2D eigenvalue weighted by atomic mass is 32.2. The largest absolute Gasteiger partial charge is 0.530 e. The molecule has 27 heavy (non-hydrogen) atoms. The molecule has 0 spiro atoms. The molecule has 1 rings (SSSR count). The van der Waals surface area contributed by atoms with Gasteiger partial charge < -0.3 is 23.1 Å². The van der Waals surface area contributed by atoms with Gasteiger partial charge in [-0.1, -0.05) is 12.1 Å². The average molecular weight is 415 g/mol. The number of aliphatic hydroxyl groups is 1. The zero-order valence-electron chi connectivity index (χ0n) is 14.7. The van der Waals surface area contributed by atoms with Crippen molar-refractivity contribution in [2.45, 2.75) is 13.5 Å². The molecule has 0 saturated carbocycles. The van der Waals surface area contributed by atoms with Gasteiger partial charge in [-0.25, -0.2) is 9.29 Å². The summed E-state index contributed by atoms with van der Waals surface area (Å²) in [5.41, 5.74) is 0.916. The lowest BCUT2D eigenvalue weighted by Gasteiger charge is -2.19. The summed E-state index contributed by atoms with van der Waals surface area (Å²) in [7, 11) is 5.88. The van der Waals surface area contributed by atoms with Crippen LogP contribution in [0.4, 0.5) is 0 Å². The van der Waals surface area contributed by atoms with Crippen molar-refractivity contribution in [2.75, 3.05) is 26.4 Å². The van der Waals surface area contributed by atoms with Crippen LogP contribution in [0.15, 0.2) is 36.3 Å². The van der Waals surface area contributed by atoms with E-state index in [4.69, 9.17) is 39.5 Å². The first-order chi connectivity index (χ1) is 13.0. The maximum absolute atomic E-state index is 12.7. The third kappa shape index (κ3) is 10.7. The van der Waals surface area contributed by atoms with E-state index in [-0.39, 0.29) is 37.9 Å². The highest BCUT2D eigenvalue weighted by molar-refractivity contribution is 7.93. The van der Waals surface area contributed by atoms with Crippen molar-refractivity contribution in [3.63, 3.8) is 0 Å². The second-order valence-electron chi connectivity index (χ2n) is 4.81. The average Bonchev–Trinajstić information content (AvgIpc) is 2.67. The standard InChI is InChI=1S/C14H20B2NO8PS/c1-12(11-18)20-6-8-22-26(19,23-9-7-21-15)24-14-4-2-13(3-5-14)10-17-27-25-16/h2-5,11,17-18H,6-10H2,1H3/b12-11-. The molecule has 13 heteroatoms. The maximum atomic E-state index is 12.7. The Morgan fingerprint density at radius 3 is 2.44 bits per heavy atom. The molecule has 4 radical (unpaired) electrons. The minimum atomic E-state index is -3.93. The SMILES string of the molecule is [B]OCCOP(=O)(OCCO/C(C)=C\O)Oc1ccc(CNSO[B])cc1. The minimum Gasteiger partial charge on any atom is -0.512 e. The highest BCUT2D eigenvalue weighted by Crippen LogP contribution is 2.49. The molecule has 1 unspecified atom stereocenters. The molecule has 0 aliphatic heterocycles. The first-order valence-corrected chi connectivity index (χ1v) is 9.91. The third-order valence-corrected chi connectivity index (χ3v) is 4.61. The van der Waals surface area contributed by atoms with Gasteiger partial charge in [-0.3, -0.25) is 9.05 Å². The van der Waals surface area contributed by atoms with Gasteiger partial charge in [0.15, 0.2) is 0 Å². The van der Waals surface area contributed by atoms with Gasteiger partial charge in [0.05, 0.1) is 32.0 Å². The number of allylic oxidation sites excluding steroid dienone is 1. The molecule has 0 aliphatic rings. The predicted molar refractivity (Wildman–Crippen MR) is 102 cm³/mol. The monoisotopic (exact) mass is 415 g/mol. The van der Waals surface area contributed by atoms with Crippen molar-refractivity contribution in [3.8, 4) is 5.75 Å². The molecular weight excluding hydrogens is 395 g/mol. The molecule has 1 aromatic carbocycles. The Morgan fingerprint density at radius 2 is 1.85 bits per heavy atom. The van der Waals surface area contributed by atoms with Crippen molar-refractivity contribution in [1.29, 1.82) is 0 Å². The van der Waals surface area contributed by atoms with E-state index in [1.165, 1.54) is 0 Å². The molecule has 2 N–H and O–H groups in total. The number of nitrogens with one attached hydrogen (secondary N) is 1. The molecule has 0 heterocycles. The van der Waals surface area contributed by atoms with Crippen LogP contribution in [0.25, 0.3) is 0 Å². The number of phosphoric acid groups is 1. The minimum absolute atomic E-state index is 0.00502. The zero-order valence-corrected chi connectivity index (χ0v) is 16.4. The molecule has 0 amide bonds. The van der Waals surface area contributed by atoms with Crippen molar-refractivity contribution in [1.82, 2.24) is 4.72 Å². The number of phosphoric ester groups is 1. The first kappa shape index (κ1) is 23.9. The normalized spacial score (nSPS) is 13.9. The van der Waals surface area contributed by atoms with Gasteiger partial charge >= 0.3 is 15.9 Å². The van der Waals surface area contributed by atoms with Gasteiger partial charge in [-0.15, -0.1) is 0 Å². The number of aliphatic hydroxyl groups excluding tert-OH is 1. The topological polar surface area (TPSA) is 105 Å². The van der Waals surface area contributed by atoms with Gasteiger partial charge in [0.2, 0.25) is 0 Å². The zero-order chi connectivity index (χ0) is 20.0.